The van der Waals surface area contributed by atoms with Crippen LogP contribution in [0.5, 0.6) is 11.5 Å². The standard InChI is InChI=1S/C24H33NO3/c1-24(14-17-11-20(27-2)13-21(12-17)28-3)4-5-25(23(24)26)22-18-7-15-6-16(9-18)10-19(22)8-15/h11-13,15-16,18-19,22H,4-10,14H2,1-3H3. The lowest BCUT2D eigenvalue weighted by Gasteiger charge is -2.56. The molecule has 4 saturated carbocycles. The Kier molecular flexibility index (Phi) is 4.37. The molecule has 0 N–H and O–H groups in total. The zero-order valence-corrected chi connectivity index (χ0v) is 17.4. The van der Waals surface area contributed by atoms with Crippen LogP contribution in [0.4, 0.5) is 0 Å². The summed E-state index contributed by atoms with van der Waals surface area (Å²) < 4.78 is 10.9. The van der Waals surface area contributed by atoms with Crippen LogP contribution in [-0.4, -0.2) is 37.6 Å². The summed E-state index contributed by atoms with van der Waals surface area (Å²) in [7, 11) is 3.35. The fourth-order valence-corrected chi connectivity index (χ4v) is 7.20. The molecule has 152 valence electrons. The second kappa shape index (κ2) is 6.67. The van der Waals surface area contributed by atoms with E-state index in [1.807, 2.05) is 18.2 Å². The Morgan fingerprint density at radius 2 is 1.54 bits per heavy atom. The van der Waals surface area contributed by atoms with Crippen LogP contribution >= 0.6 is 0 Å². The predicted molar refractivity (Wildman–Crippen MR) is 109 cm³/mol. The molecule has 1 aliphatic heterocycles. The van der Waals surface area contributed by atoms with Crippen molar-refractivity contribution in [2.45, 2.75) is 57.9 Å². The second-order valence-electron chi connectivity index (χ2n) is 10.1. The monoisotopic (exact) mass is 383 g/mol. The Labute approximate surface area is 168 Å². The molecule has 4 heteroatoms. The molecule has 6 rings (SSSR count). The molecule has 1 aromatic rings. The van der Waals surface area contributed by atoms with Gasteiger partial charge in [-0.05, 0) is 86.3 Å². The average Bonchev–Trinajstić information content (AvgIpc) is 2.95. The van der Waals surface area contributed by atoms with Crippen molar-refractivity contribution in [3.63, 3.8) is 0 Å². The summed E-state index contributed by atoms with van der Waals surface area (Å²) in [6, 6.07) is 6.50. The van der Waals surface area contributed by atoms with Crippen molar-refractivity contribution in [3.05, 3.63) is 23.8 Å². The SMILES string of the molecule is COc1cc(CC2(C)CCN(C3C4CC5CC(C4)CC3C5)C2=O)cc(OC)c1. The van der Waals surface area contributed by atoms with E-state index in [1.54, 1.807) is 14.2 Å². The maximum absolute atomic E-state index is 13.6. The predicted octanol–water partition coefficient (Wildman–Crippen LogP) is 4.31. The number of likely N-dealkylation sites (tertiary alicyclic amines) is 1. The third-order valence-corrected chi connectivity index (χ3v) is 8.22. The molecule has 4 nitrogen and oxygen atoms in total. The van der Waals surface area contributed by atoms with Gasteiger partial charge in [0.05, 0.1) is 19.6 Å². The first-order valence-corrected chi connectivity index (χ1v) is 11.0. The molecule has 1 atom stereocenters. The summed E-state index contributed by atoms with van der Waals surface area (Å²) in [6.45, 7) is 3.10. The lowest BCUT2D eigenvalue weighted by atomic mass is 9.54. The van der Waals surface area contributed by atoms with E-state index in [2.05, 4.69) is 11.8 Å². The third kappa shape index (κ3) is 2.91. The molecule has 5 fully saturated rings. The first-order chi connectivity index (χ1) is 13.5. The molecule has 4 aliphatic carbocycles. The van der Waals surface area contributed by atoms with Gasteiger partial charge >= 0.3 is 0 Å². The smallest absolute Gasteiger partial charge is 0.229 e. The Morgan fingerprint density at radius 3 is 2.07 bits per heavy atom. The van der Waals surface area contributed by atoms with E-state index in [0.29, 0.717) is 11.9 Å². The molecule has 1 aromatic carbocycles. The molecule has 0 radical (unpaired) electrons. The van der Waals surface area contributed by atoms with Gasteiger partial charge in [0.25, 0.3) is 0 Å². The van der Waals surface area contributed by atoms with E-state index in [1.165, 1.54) is 32.1 Å². The first-order valence-electron chi connectivity index (χ1n) is 11.0. The number of nitrogens with zero attached hydrogens (tertiary/aromatic N) is 1. The third-order valence-electron chi connectivity index (χ3n) is 8.22. The van der Waals surface area contributed by atoms with Gasteiger partial charge in [-0.2, -0.15) is 0 Å². The Hall–Kier alpha value is -1.71. The van der Waals surface area contributed by atoms with Crippen LogP contribution in [0.15, 0.2) is 18.2 Å². The molecule has 4 bridgehead atoms. The van der Waals surface area contributed by atoms with Crippen molar-refractivity contribution >= 4 is 5.91 Å². The molecule has 1 amide bonds. The zero-order chi connectivity index (χ0) is 19.5. The van der Waals surface area contributed by atoms with Crippen molar-refractivity contribution in [2.24, 2.45) is 29.1 Å². The van der Waals surface area contributed by atoms with E-state index < -0.39 is 0 Å². The number of carbonyl (C=O) groups is 1. The quantitative estimate of drug-likeness (QED) is 0.760. The normalized spacial score (nSPS) is 38.9. The second-order valence-corrected chi connectivity index (χ2v) is 10.1. The molecule has 0 spiro atoms. The van der Waals surface area contributed by atoms with Crippen LogP contribution in [0.2, 0.25) is 0 Å². The minimum Gasteiger partial charge on any atom is -0.497 e. The van der Waals surface area contributed by atoms with E-state index in [9.17, 15) is 4.79 Å². The van der Waals surface area contributed by atoms with Gasteiger partial charge in [-0.15, -0.1) is 0 Å². The number of carbonyl (C=O) groups excluding carboxylic acids is 1. The average molecular weight is 384 g/mol. The van der Waals surface area contributed by atoms with Crippen LogP contribution in [0, 0.1) is 29.1 Å². The molecule has 5 aliphatic rings. The molecule has 1 heterocycles. The van der Waals surface area contributed by atoms with Gasteiger partial charge in [0, 0.05) is 18.7 Å². The van der Waals surface area contributed by atoms with Crippen LogP contribution in [-0.2, 0) is 11.2 Å². The maximum atomic E-state index is 13.6. The largest absolute Gasteiger partial charge is 0.497 e. The van der Waals surface area contributed by atoms with E-state index in [0.717, 1.165) is 60.1 Å². The van der Waals surface area contributed by atoms with Gasteiger partial charge < -0.3 is 14.4 Å². The minimum atomic E-state index is -0.313. The number of hydrogen-bond acceptors (Lipinski definition) is 3. The summed E-state index contributed by atoms with van der Waals surface area (Å²) in [4.78, 5) is 15.9. The highest BCUT2D eigenvalue weighted by Crippen LogP contribution is 2.56. The maximum Gasteiger partial charge on any atom is 0.229 e. The number of amides is 1. The Bertz CT molecular complexity index is 725. The van der Waals surface area contributed by atoms with Crippen molar-refractivity contribution in [1.82, 2.24) is 4.90 Å². The minimum absolute atomic E-state index is 0.313. The lowest BCUT2D eigenvalue weighted by Crippen LogP contribution is -2.57. The summed E-state index contributed by atoms with van der Waals surface area (Å²) in [5, 5.41) is 0. The van der Waals surface area contributed by atoms with Crippen molar-refractivity contribution in [1.29, 1.82) is 0 Å². The van der Waals surface area contributed by atoms with Gasteiger partial charge in [-0.1, -0.05) is 6.92 Å². The van der Waals surface area contributed by atoms with E-state index in [4.69, 9.17) is 9.47 Å². The van der Waals surface area contributed by atoms with Crippen LogP contribution < -0.4 is 9.47 Å². The van der Waals surface area contributed by atoms with Crippen LogP contribution in [0.1, 0.15) is 51.0 Å². The summed E-state index contributed by atoms with van der Waals surface area (Å²) in [6.07, 6.45) is 8.63. The van der Waals surface area contributed by atoms with Gasteiger partial charge in [-0.3, -0.25) is 4.79 Å². The van der Waals surface area contributed by atoms with Gasteiger partial charge in [0.15, 0.2) is 0 Å². The Balaban J connectivity index is 1.36. The van der Waals surface area contributed by atoms with Crippen molar-refractivity contribution in [3.8, 4) is 11.5 Å². The highest BCUT2D eigenvalue weighted by atomic mass is 16.5. The molecular formula is C24H33NO3. The molecular weight excluding hydrogens is 350 g/mol. The van der Waals surface area contributed by atoms with Gasteiger partial charge in [0.2, 0.25) is 5.91 Å². The highest BCUT2D eigenvalue weighted by Gasteiger charge is 2.54. The molecule has 0 aromatic heterocycles. The molecule has 1 unspecified atom stereocenters. The van der Waals surface area contributed by atoms with E-state index >= 15 is 0 Å². The summed E-state index contributed by atoms with van der Waals surface area (Å²) in [5.41, 5.74) is 0.811. The fourth-order valence-electron chi connectivity index (χ4n) is 7.20. The number of ether oxygens (including phenoxy) is 2. The summed E-state index contributed by atoms with van der Waals surface area (Å²) >= 11 is 0. The van der Waals surface area contributed by atoms with E-state index in [-0.39, 0.29) is 5.41 Å². The number of rotatable bonds is 5. The lowest BCUT2D eigenvalue weighted by molar-refractivity contribution is -0.145. The number of benzene rings is 1. The molecule has 28 heavy (non-hydrogen) atoms. The summed E-state index contributed by atoms with van der Waals surface area (Å²) in [5.74, 6) is 5.40. The first kappa shape index (κ1) is 18.3. The van der Waals surface area contributed by atoms with Crippen LogP contribution in [0.3, 0.4) is 0 Å². The number of methoxy groups -OCH3 is 2. The fraction of sp³-hybridized carbons (Fsp3) is 0.708. The molecule has 1 saturated heterocycles. The van der Waals surface area contributed by atoms with Gasteiger partial charge in [-0.25, -0.2) is 0 Å². The zero-order valence-electron chi connectivity index (χ0n) is 17.4. The van der Waals surface area contributed by atoms with Gasteiger partial charge in [0.1, 0.15) is 11.5 Å². The highest BCUT2D eigenvalue weighted by molar-refractivity contribution is 5.85. The van der Waals surface area contributed by atoms with Crippen molar-refractivity contribution in [2.75, 3.05) is 20.8 Å². The Morgan fingerprint density at radius 1 is 0.964 bits per heavy atom. The van der Waals surface area contributed by atoms with Crippen molar-refractivity contribution < 1.29 is 14.3 Å². The topological polar surface area (TPSA) is 38.8 Å². The van der Waals surface area contributed by atoms with Crippen LogP contribution in [0.25, 0.3) is 0 Å². The number of hydrogen-bond donors (Lipinski definition) is 0.